The first-order valence-electron chi connectivity index (χ1n) is 10.3. The Balaban J connectivity index is 1.23. The van der Waals surface area contributed by atoms with E-state index in [2.05, 4.69) is 9.88 Å². The van der Waals surface area contributed by atoms with Gasteiger partial charge in [0, 0.05) is 63.0 Å². The van der Waals surface area contributed by atoms with Gasteiger partial charge in [0.2, 0.25) is 0 Å². The van der Waals surface area contributed by atoms with Gasteiger partial charge in [0.15, 0.2) is 11.4 Å². The summed E-state index contributed by atoms with van der Waals surface area (Å²) in [5, 5.41) is 0.544. The molecule has 9 nitrogen and oxygen atoms in total. The monoisotopic (exact) mass is 458 g/mol. The SMILES string of the molecule is Cn1c(=O)oc2cc(C(=O)CCN3CCN(C(=O)OCc4cc(Cl)ccn4)CC3)ccc21. The predicted octanol–water partition coefficient (Wildman–Crippen LogP) is 2.71. The number of Topliss-reactive ketones (excluding diaryl/α,β-unsaturated/α-hetero) is 1. The molecule has 1 aromatic carbocycles. The van der Waals surface area contributed by atoms with Crippen molar-refractivity contribution < 1.29 is 18.7 Å². The third-order valence-corrected chi connectivity index (χ3v) is 5.76. The highest BCUT2D eigenvalue weighted by Gasteiger charge is 2.23. The van der Waals surface area contributed by atoms with E-state index in [9.17, 15) is 14.4 Å². The van der Waals surface area contributed by atoms with Crippen LogP contribution in [0.2, 0.25) is 5.02 Å². The van der Waals surface area contributed by atoms with Crippen LogP contribution in [0.25, 0.3) is 11.1 Å². The van der Waals surface area contributed by atoms with Crippen molar-refractivity contribution in [2.45, 2.75) is 13.0 Å². The van der Waals surface area contributed by atoms with Crippen LogP contribution >= 0.6 is 11.6 Å². The Bertz CT molecular complexity index is 1200. The van der Waals surface area contributed by atoms with Crippen LogP contribution in [-0.2, 0) is 18.4 Å². The minimum Gasteiger partial charge on any atom is -0.443 e. The topological polar surface area (TPSA) is 97.9 Å². The summed E-state index contributed by atoms with van der Waals surface area (Å²) in [7, 11) is 1.62. The van der Waals surface area contributed by atoms with Gasteiger partial charge in [0.1, 0.15) is 6.61 Å². The molecule has 168 valence electrons. The number of pyridine rings is 1. The Morgan fingerprint density at radius 3 is 2.69 bits per heavy atom. The van der Waals surface area contributed by atoms with E-state index in [-0.39, 0.29) is 18.5 Å². The summed E-state index contributed by atoms with van der Waals surface area (Å²) in [6, 6.07) is 8.36. The van der Waals surface area contributed by atoms with Gasteiger partial charge in [-0.15, -0.1) is 0 Å². The first kappa shape index (κ1) is 22.0. The van der Waals surface area contributed by atoms with Crippen molar-refractivity contribution in [2.24, 2.45) is 7.05 Å². The molecule has 3 aromatic rings. The third kappa shape index (κ3) is 5.00. The minimum absolute atomic E-state index is 0.0192. The van der Waals surface area contributed by atoms with Crippen molar-refractivity contribution in [3.63, 3.8) is 0 Å². The summed E-state index contributed by atoms with van der Waals surface area (Å²) in [5.41, 5.74) is 2.17. The van der Waals surface area contributed by atoms with Crippen LogP contribution in [0.5, 0.6) is 0 Å². The molecular weight excluding hydrogens is 436 g/mol. The van der Waals surface area contributed by atoms with Gasteiger partial charge in [0.25, 0.3) is 0 Å². The lowest BCUT2D eigenvalue weighted by Gasteiger charge is -2.33. The lowest BCUT2D eigenvalue weighted by atomic mass is 10.1. The number of oxazole rings is 1. The second-order valence-electron chi connectivity index (χ2n) is 7.63. The quantitative estimate of drug-likeness (QED) is 0.524. The highest BCUT2D eigenvalue weighted by Crippen LogP contribution is 2.16. The minimum atomic E-state index is -0.454. The Hall–Kier alpha value is -3.17. The van der Waals surface area contributed by atoms with E-state index in [1.54, 1.807) is 48.5 Å². The average molecular weight is 459 g/mol. The summed E-state index contributed by atoms with van der Waals surface area (Å²) in [4.78, 5) is 44.4. The fourth-order valence-electron chi connectivity index (χ4n) is 3.62. The fourth-order valence-corrected chi connectivity index (χ4v) is 3.80. The molecule has 2 aromatic heterocycles. The lowest BCUT2D eigenvalue weighted by Crippen LogP contribution is -2.49. The zero-order chi connectivity index (χ0) is 22.7. The van der Waals surface area contributed by atoms with Gasteiger partial charge >= 0.3 is 11.8 Å². The fraction of sp³-hybridized carbons (Fsp3) is 0.364. The number of carbonyl (C=O) groups excluding carboxylic acids is 2. The van der Waals surface area contributed by atoms with Gasteiger partial charge in [-0.25, -0.2) is 9.59 Å². The van der Waals surface area contributed by atoms with E-state index in [1.807, 2.05) is 0 Å². The van der Waals surface area contributed by atoms with E-state index >= 15 is 0 Å². The zero-order valence-electron chi connectivity index (χ0n) is 17.6. The molecule has 0 saturated carbocycles. The molecule has 0 atom stereocenters. The van der Waals surface area contributed by atoms with Gasteiger partial charge in [0.05, 0.1) is 11.2 Å². The Kier molecular flexibility index (Phi) is 6.57. The molecule has 4 rings (SSSR count). The maximum atomic E-state index is 12.6. The highest BCUT2D eigenvalue weighted by molar-refractivity contribution is 6.30. The average Bonchev–Trinajstić information content (AvgIpc) is 3.09. The molecule has 3 heterocycles. The maximum absolute atomic E-state index is 12.6. The number of rotatable bonds is 6. The molecule has 1 amide bonds. The summed E-state index contributed by atoms with van der Waals surface area (Å²) >= 11 is 5.91. The molecular formula is C22H23ClN4O5. The predicted molar refractivity (Wildman–Crippen MR) is 118 cm³/mol. The smallest absolute Gasteiger partial charge is 0.419 e. The first-order chi connectivity index (χ1) is 15.4. The molecule has 0 N–H and O–H groups in total. The molecule has 0 radical (unpaired) electrons. The molecule has 32 heavy (non-hydrogen) atoms. The van der Waals surface area contributed by atoms with Crippen LogP contribution in [0.15, 0.2) is 45.7 Å². The zero-order valence-corrected chi connectivity index (χ0v) is 18.4. The number of ketones is 1. The van der Waals surface area contributed by atoms with Gasteiger partial charge in [-0.2, -0.15) is 0 Å². The number of halogens is 1. The second kappa shape index (κ2) is 9.54. The largest absolute Gasteiger partial charge is 0.443 e. The third-order valence-electron chi connectivity index (χ3n) is 5.52. The van der Waals surface area contributed by atoms with Crippen molar-refractivity contribution >= 4 is 34.6 Å². The van der Waals surface area contributed by atoms with E-state index in [0.29, 0.717) is 66.5 Å². The molecule has 1 aliphatic heterocycles. The van der Waals surface area contributed by atoms with Crippen LogP contribution in [-0.4, -0.2) is 64.0 Å². The number of piperazine rings is 1. The molecule has 1 fully saturated rings. The number of aryl methyl sites for hydroxylation is 1. The van der Waals surface area contributed by atoms with Crippen molar-refractivity contribution in [2.75, 3.05) is 32.7 Å². The Labute approximate surface area is 189 Å². The van der Waals surface area contributed by atoms with Crippen LogP contribution in [0.4, 0.5) is 4.79 Å². The Morgan fingerprint density at radius 1 is 1.16 bits per heavy atom. The standard InChI is InChI=1S/C22H23ClN4O5/c1-25-18-3-2-15(12-20(18)32-21(25)29)19(28)5-7-26-8-10-27(11-9-26)22(30)31-14-17-13-16(23)4-6-24-17/h2-4,6,12-13H,5,7-11,14H2,1H3. The van der Waals surface area contributed by atoms with E-state index in [4.69, 9.17) is 20.8 Å². The van der Waals surface area contributed by atoms with Crippen LogP contribution in [0.1, 0.15) is 22.5 Å². The van der Waals surface area contributed by atoms with Gasteiger partial charge in [-0.05, 0) is 30.3 Å². The lowest BCUT2D eigenvalue weighted by molar-refractivity contribution is 0.0690. The number of aromatic nitrogens is 2. The molecule has 10 heteroatoms. The molecule has 0 unspecified atom stereocenters. The molecule has 0 spiro atoms. The summed E-state index contributed by atoms with van der Waals surface area (Å²) < 4.78 is 11.9. The number of hydrogen-bond acceptors (Lipinski definition) is 7. The van der Waals surface area contributed by atoms with Crippen molar-refractivity contribution in [1.82, 2.24) is 19.4 Å². The number of benzene rings is 1. The number of amides is 1. The summed E-state index contributed by atoms with van der Waals surface area (Å²) in [5.74, 6) is -0.473. The summed E-state index contributed by atoms with van der Waals surface area (Å²) in [6.45, 7) is 3.02. The first-order valence-corrected chi connectivity index (χ1v) is 10.7. The number of nitrogens with zero attached hydrogens (tertiary/aromatic N) is 4. The van der Waals surface area contributed by atoms with E-state index < -0.39 is 5.76 Å². The van der Waals surface area contributed by atoms with Crippen LogP contribution in [0.3, 0.4) is 0 Å². The van der Waals surface area contributed by atoms with E-state index in [1.165, 1.54) is 4.57 Å². The van der Waals surface area contributed by atoms with Gasteiger partial charge in [-0.1, -0.05) is 11.6 Å². The van der Waals surface area contributed by atoms with E-state index in [0.717, 1.165) is 0 Å². The second-order valence-corrected chi connectivity index (χ2v) is 8.07. The number of ether oxygens (including phenoxy) is 1. The van der Waals surface area contributed by atoms with Crippen molar-refractivity contribution in [3.05, 3.63) is 63.4 Å². The number of hydrogen-bond donors (Lipinski definition) is 0. The summed E-state index contributed by atoms with van der Waals surface area (Å²) in [6.07, 6.45) is 1.52. The van der Waals surface area contributed by atoms with Crippen LogP contribution < -0.4 is 5.76 Å². The van der Waals surface area contributed by atoms with Gasteiger partial charge in [-0.3, -0.25) is 19.2 Å². The molecule has 1 saturated heterocycles. The highest BCUT2D eigenvalue weighted by atomic mass is 35.5. The normalized spacial score (nSPS) is 14.6. The molecule has 1 aliphatic rings. The maximum Gasteiger partial charge on any atom is 0.419 e. The molecule has 0 aliphatic carbocycles. The van der Waals surface area contributed by atoms with Crippen molar-refractivity contribution in [1.29, 1.82) is 0 Å². The molecule has 0 bridgehead atoms. The number of fused-ring (bicyclic) bond motifs is 1. The van der Waals surface area contributed by atoms with Crippen LogP contribution in [0, 0.1) is 0 Å². The number of carbonyl (C=O) groups is 2. The Morgan fingerprint density at radius 2 is 1.94 bits per heavy atom. The van der Waals surface area contributed by atoms with Gasteiger partial charge < -0.3 is 14.1 Å². The van der Waals surface area contributed by atoms with Crippen molar-refractivity contribution in [3.8, 4) is 0 Å².